The maximum Gasteiger partial charge on any atom is 0.231 e. The molecule has 2 fully saturated rings. The molecule has 1 heterocycles. The predicted octanol–water partition coefficient (Wildman–Crippen LogP) is 2.18. The second-order valence-electron chi connectivity index (χ2n) is 5.26. The molecular formula is C14H14O3. The average molecular weight is 230 g/mol. The Bertz CT molecular complexity index is 484. The lowest BCUT2D eigenvalue weighted by Crippen LogP contribution is -2.06. The molecule has 88 valence electrons. The average Bonchev–Trinajstić information content (AvgIpc) is 2.67. The van der Waals surface area contributed by atoms with Gasteiger partial charge in [0.1, 0.15) is 5.78 Å². The molecule has 3 aliphatic rings. The van der Waals surface area contributed by atoms with Crippen LogP contribution in [0.5, 0.6) is 11.5 Å². The number of Topliss-reactive ketones (excluding diaryl/α,β-unsaturated/α-hetero) is 1. The molecule has 0 amide bonds. The fraction of sp³-hybridized carbons (Fsp3) is 0.500. The van der Waals surface area contributed by atoms with Crippen molar-refractivity contribution in [3.8, 4) is 11.5 Å². The summed E-state index contributed by atoms with van der Waals surface area (Å²) in [7, 11) is 0. The van der Waals surface area contributed by atoms with Gasteiger partial charge in [-0.2, -0.15) is 0 Å². The van der Waals surface area contributed by atoms with Crippen molar-refractivity contribution in [3.05, 3.63) is 23.8 Å². The molecule has 0 aromatic heterocycles. The number of ether oxygens (including phenoxy) is 2. The van der Waals surface area contributed by atoms with Gasteiger partial charge >= 0.3 is 0 Å². The first-order chi connectivity index (χ1) is 8.33. The molecule has 4 rings (SSSR count). The predicted molar refractivity (Wildman–Crippen MR) is 61.0 cm³/mol. The van der Waals surface area contributed by atoms with E-state index in [1.54, 1.807) is 0 Å². The molecule has 1 aromatic rings. The highest BCUT2D eigenvalue weighted by Gasteiger charge is 2.59. The summed E-state index contributed by atoms with van der Waals surface area (Å²) in [5.74, 6) is 3.81. The molecule has 0 radical (unpaired) electrons. The van der Waals surface area contributed by atoms with Crippen LogP contribution in [0.4, 0.5) is 0 Å². The van der Waals surface area contributed by atoms with Crippen LogP contribution in [0.2, 0.25) is 0 Å². The summed E-state index contributed by atoms with van der Waals surface area (Å²) in [5.41, 5.74) is 1.05. The summed E-state index contributed by atoms with van der Waals surface area (Å²) < 4.78 is 10.6. The molecule has 2 saturated carbocycles. The third-order valence-electron chi connectivity index (χ3n) is 4.35. The van der Waals surface area contributed by atoms with Crippen molar-refractivity contribution in [1.29, 1.82) is 0 Å². The minimum atomic E-state index is 0.291. The Hall–Kier alpha value is -1.51. The van der Waals surface area contributed by atoms with E-state index in [1.165, 1.54) is 12.8 Å². The van der Waals surface area contributed by atoms with Crippen LogP contribution in [0.3, 0.4) is 0 Å². The van der Waals surface area contributed by atoms with E-state index in [0.29, 0.717) is 24.9 Å². The second-order valence-corrected chi connectivity index (χ2v) is 5.26. The Labute approximate surface area is 99.7 Å². The van der Waals surface area contributed by atoms with Crippen LogP contribution in [0.25, 0.3) is 0 Å². The van der Waals surface area contributed by atoms with E-state index in [1.807, 2.05) is 18.2 Å². The van der Waals surface area contributed by atoms with Gasteiger partial charge in [0.15, 0.2) is 11.5 Å². The van der Waals surface area contributed by atoms with E-state index in [-0.39, 0.29) is 0 Å². The first kappa shape index (κ1) is 9.51. The maximum absolute atomic E-state index is 12.1. The number of carbonyl (C=O) groups excluding carboxylic acids is 1. The molecule has 0 saturated heterocycles. The van der Waals surface area contributed by atoms with Gasteiger partial charge in [0.2, 0.25) is 6.79 Å². The third kappa shape index (κ3) is 1.38. The standard InChI is InChI=1S/C14H14O3/c15-11(14-9-2-3-10(9)14)5-8-1-4-12-13(6-8)17-7-16-12/h1,4,6,9-10,14H,2-3,5,7H2. The van der Waals surface area contributed by atoms with Gasteiger partial charge in [-0.1, -0.05) is 6.07 Å². The summed E-state index contributed by atoms with van der Waals surface area (Å²) in [6, 6.07) is 5.80. The SMILES string of the molecule is O=C(Cc1ccc2c(c1)OCO2)C1C2CCC21. The van der Waals surface area contributed by atoms with E-state index in [4.69, 9.17) is 9.47 Å². The summed E-state index contributed by atoms with van der Waals surface area (Å²) >= 11 is 0. The molecule has 0 spiro atoms. The lowest BCUT2D eigenvalue weighted by Gasteiger charge is -2.04. The van der Waals surface area contributed by atoms with Gasteiger partial charge in [-0.25, -0.2) is 0 Å². The van der Waals surface area contributed by atoms with Crippen molar-refractivity contribution in [1.82, 2.24) is 0 Å². The highest BCUT2D eigenvalue weighted by atomic mass is 16.7. The smallest absolute Gasteiger partial charge is 0.231 e. The van der Waals surface area contributed by atoms with Crippen LogP contribution in [0.15, 0.2) is 18.2 Å². The molecule has 2 atom stereocenters. The topological polar surface area (TPSA) is 35.5 Å². The first-order valence-electron chi connectivity index (χ1n) is 6.24. The zero-order valence-corrected chi connectivity index (χ0v) is 9.52. The van der Waals surface area contributed by atoms with Gasteiger partial charge in [-0.3, -0.25) is 4.79 Å². The molecule has 2 aliphatic carbocycles. The molecule has 3 heteroatoms. The van der Waals surface area contributed by atoms with Gasteiger partial charge in [-0.05, 0) is 42.4 Å². The van der Waals surface area contributed by atoms with Crippen LogP contribution in [0.1, 0.15) is 18.4 Å². The van der Waals surface area contributed by atoms with Crippen molar-refractivity contribution in [2.45, 2.75) is 19.3 Å². The highest BCUT2D eigenvalue weighted by Crippen LogP contribution is 2.61. The van der Waals surface area contributed by atoms with Crippen LogP contribution in [-0.2, 0) is 11.2 Å². The summed E-state index contributed by atoms with van der Waals surface area (Å²) in [5, 5.41) is 0. The first-order valence-corrected chi connectivity index (χ1v) is 6.24. The fourth-order valence-electron chi connectivity index (χ4n) is 3.20. The minimum Gasteiger partial charge on any atom is -0.454 e. The number of hydrogen-bond donors (Lipinski definition) is 0. The fourth-order valence-corrected chi connectivity index (χ4v) is 3.20. The molecule has 3 nitrogen and oxygen atoms in total. The molecule has 17 heavy (non-hydrogen) atoms. The Morgan fingerprint density at radius 2 is 1.94 bits per heavy atom. The van der Waals surface area contributed by atoms with Gasteiger partial charge < -0.3 is 9.47 Å². The number of carbonyl (C=O) groups is 1. The van der Waals surface area contributed by atoms with E-state index in [0.717, 1.165) is 28.9 Å². The molecule has 0 N–H and O–H groups in total. The molecular weight excluding hydrogens is 216 g/mol. The van der Waals surface area contributed by atoms with Crippen molar-refractivity contribution >= 4 is 5.78 Å². The van der Waals surface area contributed by atoms with Crippen molar-refractivity contribution in [2.24, 2.45) is 17.8 Å². The largest absolute Gasteiger partial charge is 0.454 e. The summed E-state index contributed by atoms with van der Waals surface area (Å²) in [6.45, 7) is 0.291. The lowest BCUT2D eigenvalue weighted by atomic mass is 10.0. The molecule has 1 aromatic carbocycles. The Morgan fingerprint density at radius 3 is 2.71 bits per heavy atom. The van der Waals surface area contributed by atoms with E-state index >= 15 is 0 Å². The molecule has 1 aliphatic heterocycles. The molecule has 2 unspecified atom stereocenters. The normalized spacial score (nSPS) is 31.6. The zero-order chi connectivity index (χ0) is 11.4. The quantitative estimate of drug-likeness (QED) is 0.798. The Kier molecular flexibility index (Phi) is 1.82. The number of rotatable bonds is 3. The van der Waals surface area contributed by atoms with E-state index in [2.05, 4.69) is 0 Å². The monoisotopic (exact) mass is 230 g/mol. The lowest BCUT2D eigenvalue weighted by molar-refractivity contribution is -0.119. The van der Waals surface area contributed by atoms with Crippen molar-refractivity contribution in [2.75, 3.05) is 6.79 Å². The van der Waals surface area contributed by atoms with Crippen LogP contribution in [-0.4, -0.2) is 12.6 Å². The van der Waals surface area contributed by atoms with Crippen LogP contribution in [0, 0.1) is 17.8 Å². The van der Waals surface area contributed by atoms with Crippen molar-refractivity contribution < 1.29 is 14.3 Å². The number of benzene rings is 1. The second kappa shape index (κ2) is 3.25. The number of ketones is 1. The summed E-state index contributed by atoms with van der Waals surface area (Å²) in [6.07, 6.45) is 3.08. The highest BCUT2D eigenvalue weighted by molar-refractivity contribution is 5.87. The summed E-state index contributed by atoms with van der Waals surface area (Å²) in [4.78, 5) is 12.1. The van der Waals surface area contributed by atoms with Crippen molar-refractivity contribution in [3.63, 3.8) is 0 Å². The third-order valence-corrected chi connectivity index (χ3v) is 4.35. The van der Waals surface area contributed by atoms with Gasteiger partial charge in [0, 0.05) is 12.3 Å². The number of hydrogen-bond acceptors (Lipinski definition) is 3. The van der Waals surface area contributed by atoms with Gasteiger partial charge in [-0.15, -0.1) is 0 Å². The maximum atomic E-state index is 12.1. The van der Waals surface area contributed by atoms with Crippen LogP contribution >= 0.6 is 0 Å². The van der Waals surface area contributed by atoms with Gasteiger partial charge in [0.05, 0.1) is 0 Å². The Morgan fingerprint density at radius 1 is 1.18 bits per heavy atom. The van der Waals surface area contributed by atoms with Crippen LogP contribution < -0.4 is 9.47 Å². The van der Waals surface area contributed by atoms with Gasteiger partial charge in [0.25, 0.3) is 0 Å². The minimum absolute atomic E-state index is 0.291. The molecule has 0 bridgehead atoms. The number of fused-ring (bicyclic) bond motifs is 2. The zero-order valence-electron chi connectivity index (χ0n) is 9.52. The Balaban J connectivity index is 1.50. The van der Waals surface area contributed by atoms with E-state index in [9.17, 15) is 4.79 Å². The van der Waals surface area contributed by atoms with E-state index < -0.39 is 0 Å².